The molecule has 0 unspecified atom stereocenters. The summed E-state index contributed by atoms with van der Waals surface area (Å²) >= 11 is 0. The van der Waals surface area contributed by atoms with Crippen LogP contribution >= 0.6 is 0 Å². The van der Waals surface area contributed by atoms with Crippen molar-refractivity contribution in [2.24, 2.45) is 13.0 Å². The first-order valence-corrected chi connectivity index (χ1v) is 10.3. The first kappa shape index (κ1) is 21.5. The summed E-state index contributed by atoms with van der Waals surface area (Å²) in [5.41, 5.74) is 1.55. The molecule has 3 rings (SSSR count). The lowest BCUT2D eigenvalue weighted by atomic mass is 10.2. The van der Waals surface area contributed by atoms with Crippen LogP contribution in [0.3, 0.4) is 0 Å². The zero-order chi connectivity index (χ0) is 21.8. The largest absolute Gasteiger partial charge is 0.494 e. The number of rotatable bonds is 8. The molecule has 160 valence electrons. The molecule has 0 bridgehead atoms. The highest BCUT2D eigenvalue weighted by Gasteiger charge is 2.18. The van der Waals surface area contributed by atoms with Gasteiger partial charge in [0.15, 0.2) is 0 Å². The molecule has 0 radical (unpaired) electrons. The Kier molecular flexibility index (Phi) is 6.50. The van der Waals surface area contributed by atoms with Crippen LogP contribution in [0.25, 0.3) is 10.9 Å². The van der Waals surface area contributed by atoms with Crippen LogP contribution in [0.5, 0.6) is 11.5 Å². The number of anilines is 1. The smallest absolute Gasteiger partial charge is 0.272 e. The van der Waals surface area contributed by atoms with Gasteiger partial charge in [-0.2, -0.15) is 0 Å². The molecule has 30 heavy (non-hydrogen) atoms. The van der Waals surface area contributed by atoms with Crippen molar-refractivity contribution in [2.45, 2.75) is 34.2 Å². The summed E-state index contributed by atoms with van der Waals surface area (Å²) in [5.74, 6) is 1.23. The normalized spacial score (nSPS) is 11.1. The molecule has 3 aromatic rings. The second kappa shape index (κ2) is 9.07. The fraction of sp³-hybridized carbons (Fsp3) is 0.391. The van der Waals surface area contributed by atoms with Crippen molar-refractivity contribution in [3.05, 3.63) is 52.6 Å². The maximum absolute atomic E-state index is 13.1. The molecule has 7 heteroatoms. The van der Waals surface area contributed by atoms with E-state index in [0.717, 1.165) is 5.52 Å². The zero-order valence-corrected chi connectivity index (χ0v) is 18.2. The average molecular weight is 412 g/mol. The van der Waals surface area contributed by atoms with E-state index in [1.807, 2.05) is 19.9 Å². The van der Waals surface area contributed by atoms with Crippen molar-refractivity contribution in [2.75, 3.05) is 18.5 Å². The molecule has 0 aliphatic rings. The zero-order valence-electron chi connectivity index (χ0n) is 18.2. The van der Waals surface area contributed by atoms with E-state index in [-0.39, 0.29) is 11.5 Å². The van der Waals surface area contributed by atoms with E-state index in [9.17, 15) is 9.59 Å². The Morgan fingerprint density at radius 3 is 2.50 bits per heavy atom. The quantitative estimate of drug-likeness (QED) is 0.607. The molecule has 0 aliphatic heterocycles. The van der Waals surface area contributed by atoms with Crippen LogP contribution in [0.4, 0.5) is 5.69 Å². The number of aryl methyl sites for hydroxylation is 1. The number of benzene rings is 1. The van der Waals surface area contributed by atoms with Gasteiger partial charge in [-0.05, 0) is 44.0 Å². The third-order valence-electron chi connectivity index (χ3n) is 4.79. The van der Waals surface area contributed by atoms with Gasteiger partial charge in [0.1, 0.15) is 17.2 Å². The second-order valence-corrected chi connectivity index (χ2v) is 7.53. The molecule has 0 aliphatic carbocycles. The molecule has 2 aromatic heterocycles. The molecule has 0 spiro atoms. The number of carbonyl (C=O) groups is 1. The van der Waals surface area contributed by atoms with Gasteiger partial charge in [0.2, 0.25) is 0 Å². The predicted octanol–water partition coefficient (Wildman–Crippen LogP) is 4.05. The summed E-state index contributed by atoms with van der Waals surface area (Å²) in [5, 5.41) is 3.43. The molecule has 0 atom stereocenters. The van der Waals surface area contributed by atoms with Gasteiger partial charge in [-0.25, -0.2) is 0 Å². The van der Waals surface area contributed by atoms with Crippen LogP contribution in [-0.2, 0) is 13.6 Å². The lowest BCUT2D eigenvalue weighted by Crippen LogP contribution is -2.21. The lowest BCUT2D eigenvalue weighted by Gasteiger charge is -2.14. The van der Waals surface area contributed by atoms with Crippen molar-refractivity contribution in [1.82, 2.24) is 9.13 Å². The number of nitrogens with zero attached hydrogens (tertiary/aromatic N) is 2. The Morgan fingerprint density at radius 2 is 1.83 bits per heavy atom. The highest BCUT2D eigenvalue weighted by atomic mass is 16.5. The maximum atomic E-state index is 13.1. The topological polar surface area (TPSA) is 74.5 Å². The van der Waals surface area contributed by atoms with Crippen molar-refractivity contribution in [1.29, 1.82) is 0 Å². The van der Waals surface area contributed by atoms with Gasteiger partial charge in [-0.15, -0.1) is 0 Å². The molecule has 1 aromatic carbocycles. The van der Waals surface area contributed by atoms with E-state index < -0.39 is 0 Å². The number of hydrogen-bond acceptors (Lipinski definition) is 4. The number of aromatic nitrogens is 2. The van der Waals surface area contributed by atoms with Crippen molar-refractivity contribution >= 4 is 22.5 Å². The summed E-state index contributed by atoms with van der Waals surface area (Å²) in [4.78, 5) is 25.9. The fourth-order valence-electron chi connectivity index (χ4n) is 3.46. The van der Waals surface area contributed by atoms with Crippen LogP contribution in [0.1, 0.15) is 38.2 Å². The molecule has 1 N–H and O–H groups in total. The second-order valence-electron chi connectivity index (χ2n) is 7.53. The van der Waals surface area contributed by atoms with E-state index >= 15 is 0 Å². The molecule has 0 saturated heterocycles. The molecular weight excluding hydrogens is 382 g/mol. The van der Waals surface area contributed by atoms with E-state index in [1.54, 1.807) is 46.6 Å². The first-order chi connectivity index (χ1) is 14.3. The minimum atomic E-state index is -0.321. The van der Waals surface area contributed by atoms with Crippen LogP contribution in [-0.4, -0.2) is 28.3 Å². The Balaban J connectivity index is 1.97. The van der Waals surface area contributed by atoms with Gasteiger partial charge < -0.3 is 23.9 Å². The number of fused-ring (bicyclic) bond motifs is 1. The number of ether oxygens (including phenoxy) is 2. The number of hydrogen-bond donors (Lipinski definition) is 1. The average Bonchev–Trinajstić information content (AvgIpc) is 3.03. The van der Waals surface area contributed by atoms with Gasteiger partial charge >= 0.3 is 0 Å². The van der Waals surface area contributed by atoms with Gasteiger partial charge in [-0.3, -0.25) is 9.59 Å². The van der Waals surface area contributed by atoms with Crippen molar-refractivity contribution in [3.8, 4) is 11.5 Å². The molecule has 0 fully saturated rings. The molecule has 7 nitrogen and oxygen atoms in total. The van der Waals surface area contributed by atoms with Gasteiger partial charge in [0.25, 0.3) is 11.5 Å². The highest BCUT2D eigenvalue weighted by Crippen LogP contribution is 2.30. The summed E-state index contributed by atoms with van der Waals surface area (Å²) in [6.07, 6.45) is 1.78. The molecule has 2 heterocycles. The maximum Gasteiger partial charge on any atom is 0.272 e. The first-order valence-electron chi connectivity index (χ1n) is 10.3. The SMILES string of the molecule is CCOc1ccc(OCC)c(NC(=O)c2cc3c(=O)n(CC(C)C)ccc3n2C)c1. The Bertz CT molecular complexity index is 1110. The van der Waals surface area contributed by atoms with E-state index in [0.29, 0.717) is 53.9 Å². The third-order valence-corrected chi connectivity index (χ3v) is 4.79. The Labute approximate surface area is 176 Å². The number of amides is 1. The van der Waals surface area contributed by atoms with Gasteiger partial charge in [0.05, 0.1) is 29.8 Å². The predicted molar refractivity (Wildman–Crippen MR) is 119 cm³/mol. The molecule has 0 saturated carbocycles. The highest BCUT2D eigenvalue weighted by molar-refractivity contribution is 6.07. The Morgan fingerprint density at radius 1 is 1.10 bits per heavy atom. The van der Waals surface area contributed by atoms with Gasteiger partial charge in [0, 0.05) is 25.9 Å². The van der Waals surface area contributed by atoms with Crippen molar-refractivity contribution < 1.29 is 14.3 Å². The molecule has 1 amide bonds. The molecular formula is C23H29N3O4. The van der Waals surface area contributed by atoms with E-state index in [4.69, 9.17) is 9.47 Å². The van der Waals surface area contributed by atoms with Crippen LogP contribution in [0, 0.1) is 5.92 Å². The standard InChI is InChI=1S/C23H29N3O4/c1-6-29-16-8-9-21(30-7-2)18(12-16)24-22(27)20-13-17-19(25(20)5)10-11-26(23(17)28)14-15(3)4/h8-13,15H,6-7,14H2,1-5H3,(H,24,27). The third kappa shape index (κ3) is 4.35. The summed E-state index contributed by atoms with van der Waals surface area (Å²) in [7, 11) is 1.78. The minimum Gasteiger partial charge on any atom is -0.494 e. The summed E-state index contributed by atoms with van der Waals surface area (Å²) in [6, 6.07) is 8.84. The van der Waals surface area contributed by atoms with Crippen LogP contribution in [0.15, 0.2) is 41.3 Å². The van der Waals surface area contributed by atoms with E-state index in [2.05, 4.69) is 19.2 Å². The minimum absolute atomic E-state index is 0.0933. The number of carbonyl (C=O) groups excluding carboxylic acids is 1. The van der Waals surface area contributed by atoms with Gasteiger partial charge in [-0.1, -0.05) is 13.8 Å². The number of pyridine rings is 1. The number of nitrogens with one attached hydrogen (secondary N) is 1. The van der Waals surface area contributed by atoms with Crippen molar-refractivity contribution in [3.63, 3.8) is 0 Å². The lowest BCUT2D eigenvalue weighted by molar-refractivity contribution is 0.101. The summed E-state index contributed by atoms with van der Waals surface area (Å²) < 4.78 is 14.6. The monoisotopic (exact) mass is 411 g/mol. The van der Waals surface area contributed by atoms with E-state index in [1.165, 1.54) is 0 Å². The summed E-state index contributed by atoms with van der Waals surface area (Å²) in [6.45, 7) is 9.53. The van der Waals surface area contributed by atoms with Crippen LogP contribution in [0.2, 0.25) is 0 Å². The Hall–Kier alpha value is -3.22. The van der Waals surface area contributed by atoms with Crippen LogP contribution < -0.4 is 20.3 Å². The fourth-order valence-corrected chi connectivity index (χ4v) is 3.46.